The summed E-state index contributed by atoms with van der Waals surface area (Å²) in [5.74, 6) is -0.132. The summed E-state index contributed by atoms with van der Waals surface area (Å²) in [6, 6.07) is -0.900. The van der Waals surface area contributed by atoms with Crippen LogP contribution in [0.4, 0.5) is 0 Å². The fourth-order valence-corrected chi connectivity index (χ4v) is 4.33. The smallest absolute Gasteiger partial charge is 0.256 e. The van der Waals surface area contributed by atoms with Crippen LogP contribution in [0.3, 0.4) is 0 Å². The van der Waals surface area contributed by atoms with E-state index in [4.69, 9.17) is 0 Å². The van der Waals surface area contributed by atoms with Crippen molar-refractivity contribution in [3.63, 3.8) is 0 Å². The SMILES string of the molecule is CC(=O)NC(CSC/C=C(\CC=C(C)C)CC/C=C(\C)CCC=C(C)C)C(=O)NS(C)(=O)=O. The number of thioether (sulfide) groups is 1. The number of hydrogen-bond acceptors (Lipinski definition) is 5. The third kappa shape index (κ3) is 19.4. The van der Waals surface area contributed by atoms with Crippen LogP contribution in [0, 0.1) is 0 Å². The molecule has 6 nitrogen and oxygen atoms in total. The molecule has 0 bridgehead atoms. The number of amides is 2. The van der Waals surface area contributed by atoms with Crippen LogP contribution in [0.1, 0.15) is 73.6 Å². The number of carbonyl (C=O) groups is 2. The average molecular weight is 499 g/mol. The molecule has 0 aliphatic rings. The van der Waals surface area contributed by atoms with Gasteiger partial charge in [-0.2, -0.15) is 11.8 Å². The van der Waals surface area contributed by atoms with Crippen molar-refractivity contribution >= 4 is 33.6 Å². The number of nitrogens with one attached hydrogen (secondary N) is 2. The van der Waals surface area contributed by atoms with Gasteiger partial charge in [0.05, 0.1) is 6.26 Å². The highest BCUT2D eigenvalue weighted by Crippen LogP contribution is 2.17. The molecule has 188 valence electrons. The number of carbonyl (C=O) groups excluding carboxylic acids is 2. The molecule has 0 spiro atoms. The molecule has 0 aromatic rings. The van der Waals surface area contributed by atoms with E-state index >= 15 is 0 Å². The zero-order valence-corrected chi connectivity index (χ0v) is 22.9. The average Bonchev–Trinajstić information content (AvgIpc) is 2.65. The van der Waals surface area contributed by atoms with Crippen LogP contribution >= 0.6 is 11.8 Å². The van der Waals surface area contributed by atoms with Gasteiger partial charge in [-0.1, -0.05) is 46.6 Å². The van der Waals surface area contributed by atoms with Crippen molar-refractivity contribution in [1.82, 2.24) is 10.0 Å². The molecular weight excluding hydrogens is 456 g/mol. The van der Waals surface area contributed by atoms with Crippen LogP contribution < -0.4 is 10.0 Å². The molecule has 1 unspecified atom stereocenters. The summed E-state index contributed by atoms with van der Waals surface area (Å²) in [5, 5.41) is 2.52. The number of rotatable bonds is 15. The normalized spacial score (nSPS) is 13.2. The molecule has 0 aromatic carbocycles. The second-order valence-corrected chi connectivity index (χ2v) is 11.6. The number of allylic oxidation sites excluding steroid dienone is 7. The molecule has 2 N–H and O–H groups in total. The van der Waals surface area contributed by atoms with Crippen LogP contribution in [0.15, 0.2) is 46.6 Å². The zero-order chi connectivity index (χ0) is 25.4. The van der Waals surface area contributed by atoms with E-state index in [2.05, 4.69) is 64.2 Å². The molecule has 8 heteroatoms. The number of hydrogen-bond donors (Lipinski definition) is 2. The molecule has 0 aromatic heterocycles. The van der Waals surface area contributed by atoms with Gasteiger partial charge in [0.25, 0.3) is 5.91 Å². The van der Waals surface area contributed by atoms with Crippen LogP contribution in [0.2, 0.25) is 0 Å². The van der Waals surface area contributed by atoms with Crippen molar-refractivity contribution in [3.8, 4) is 0 Å². The lowest BCUT2D eigenvalue weighted by molar-refractivity contribution is -0.126. The third-order valence-electron chi connectivity index (χ3n) is 4.58. The summed E-state index contributed by atoms with van der Waals surface area (Å²) in [6.45, 7) is 11.9. The van der Waals surface area contributed by atoms with Gasteiger partial charge in [-0.25, -0.2) is 8.42 Å². The fourth-order valence-electron chi connectivity index (χ4n) is 2.86. The molecule has 0 saturated carbocycles. The lowest BCUT2D eigenvalue weighted by atomic mass is 10.0. The van der Waals surface area contributed by atoms with Crippen molar-refractivity contribution < 1.29 is 18.0 Å². The van der Waals surface area contributed by atoms with Gasteiger partial charge in [-0.05, 0) is 66.7 Å². The van der Waals surface area contributed by atoms with E-state index in [1.54, 1.807) is 0 Å². The molecule has 0 aliphatic carbocycles. The maximum absolute atomic E-state index is 12.2. The Hall–Kier alpha value is -1.80. The molecule has 0 aliphatic heterocycles. The fraction of sp³-hybridized carbons (Fsp3) is 0.600. The minimum atomic E-state index is -3.68. The van der Waals surface area contributed by atoms with Crippen molar-refractivity contribution in [1.29, 1.82) is 0 Å². The van der Waals surface area contributed by atoms with Gasteiger partial charge in [0, 0.05) is 18.4 Å². The summed E-state index contributed by atoms with van der Waals surface area (Å²) < 4.78 is 24.6. The highest BCUT2D eigenvalue weighted by Gasteiger charge is 2.21. The first kappa shape index (κ1) is 31.2. The summed E-state index contributed by atoms with van der Waals surface area (Å²) in [5.41, 5.74) is 5.35. The zero-order valence-electron chi connectivity index (χ0n) is 21.3. The molecule has 0 fully saturated rings. The summed E-state index contributed by atoms with van der Waals surface area (Å²) in [6.07, 6.45) is 14.9. The van der Waals surface area contributed by atoms with Crippen LogP contribution in [0.25, 0.3) is 0 Å². The van der Waals surface area contributed by atoms with Crippen molar-refractivity contribution in [3.05, 3.63) is 46.6 Å². The summed E-state index contributed by atoms with van der Waals surface area (Å²) >= 11 is 1.48. The molecule has 0 saturated heterocycles. The summed E-state index contributed by atoms with van der Waals surface area (Å²) in [4.78, 5) is 23.6. The van der Waals surface area contributed by atoms with Crippen molar-refractivity contribution in [2.45, 2.75) is 79.7 Å². The van der Waals surface area contributed by atoms with Gasteiger partial charge >= 0.3 is 0 Å². The van der Waals surface area contributed by atoms with Gasteiger partial charge in [0.15, 0.2) is 0 Å². The first-order chi connectivity index (χ1) is 15.3. The van der Waals surface area contributed by atoms with Crippen LogP contribution in [-0.4, -0.2) is 44.0 Å². The van der Waals surface area contributed by atoms with Gasteiger partial charge in [0.1, 0.15) is 6.04 Å². The van der Waals surface area contributed by atoms with Crippen LogP contribution in [-0.2, 0) is 19.6 Å². The molecule has 33 heavy (non-hydrogen) atoms. The second-order valence-electron chi connectivity index (χ2n) is 8.79. The van der Waals surface area contributed by atoms with Gasteiger partial charge < -0.3 is 5.32 Å². The van der Waals surface area contributed by atoms with Gasteiger partial charge in [0.2, 0.25) is 15.9 Å². The lowest BCUT2D eigenvalue weighted by Crippen LogP contribution is -2.49. The Balaban J connectivity index is 4.94. The molecule has 0 heterocycles. The highest BCUT2D eigenvalue weighted by molar-refractivity contribution is 7.99. The first-order valence-electron chi connectivity index (χ1n) is 11.3. The largest absolute Gasteiger partial charge is 0.344 e. The Morgan fingerprint density at radius 1 is 0.879 bits per heavy atom. The Labute approximate surface area is 205 Å². The Morgan fingerprint density at radius 3 is 2.03 bits per heavy atom. The van der Waals surface area contributed by atoms with Crippen molar-refractivity contribution in [2.24, 2.45) is 0 Å². The Bertz CT molecular complexity index is 861. The minimum absolute atomic E-state index is 0.288. The van der Waals surface area contributed by atoms with E-state index in [9.17, 15) is 18.0 Å². The maximum atomic E-state index is 12.2. The Morgan fingerprint density at radius 2 is 1.48 bits per heavy atom. The number of sulfonamides is 1. The molecule has 0 rings (SSSR count). The molecule has 0 radical (unpaired) electrons. The second kappa shape index (κ2) is 16.8. The maximum Gasteiger partial charge on any atom is 0.256 e. The minimum Gasteiger partial charge on any atom is -0.344 e. The van der Waals surface area contributed by atoms with Crippen LogP contribution in [0.5, 0.6) is 0 Å². The van der Waals surface area contributed by atoms with E-state index in [1.807, 2.05) is 4.72 Å². The Kier molecular flexibility index (Phi) is 15.8. The topological polar surface area (TPSA) is 92.3 Å². The lowest BCUT2D eigenvalue weighted by Gasteiger charge is -2.16. The van der Waals surface area contributed by atoms with E-state index in [-0.39, 0.29) is 11.7 Å². The third-order valence-corrected chi connectivity index (χ3v) is 6.12. The van der Waals surface area contributed by atoms with Crippen molar-refractivity contribution in [2.75, 3.05) is 17.8 Å². The molecule has 2 amide bonds. The van der Waals surface area contributed by atoms with E-state index in [1.165, 1.54) is 41.0 Å². The van der Waals surface area contributed by atoms with Gasteiger partial charge in [-0.3, -0.25) is 14.3 Å². The van der Waals surface area contributed by atoms with E-state index < -0.39 is 22.0 Å². The van der Waals surface area contributed by atoms with E-state index in [0.29, 0.717) is 5.75 Å². The summed E-state index contributed by atoms with van der Waals surface area (Å²) in [7, 11) is -3.68. The standard InChI is InChI=1S/C25H42N2O4S2/c1-19(2)10-8-11-21(5)12-9-13-23(15-14-20(3)4)16-17-32-18-24(26-22(6)28)25(29)27-33(7,30)31/h10,12,14,16,24H,8-9,11,13,15,17-18H2,1-7H3,(H,26,28)(H,27,29)/b21-12+,23-16-. The van der Waals surface area contributed by atoms with Gasteiger partial charge in [-0.15, -0.1) is 0 Å². The highest BCUT2D eigenvalue weighted by atomic mass is 32.2. The predicted molar refractivity (Wildman–Crippen MR) is 142 cm³/mol. The van der Waals surface area contributed by atoms with E-state index in [0.717, 1.165) is 38.4 Å². The predicted octanol–water partition coefficient (Wildman–Crippen LogP) is 5.06. The molecular formula is C25H42N2O4S2. The monoisotopic (exact) mass is 498 g/mol. The quantitative estimate of drug-likeness (QED) is 0.243. The molecule has 1 atom stereocenters. The first-order valence-corrected chi connectivity index (χ1v) is 14.3.